The van der Waals surface area contributed by atoms with Crippen LogP contribution in [0.4, 0.5) is 0 Å². The number of thioether (sulfide) groups is 1. The number of carboxylic acid groups (broad SMARTS) is 1. The number of pyridine rings is 1. The van der Waals surface area contributed by atoms with Gasteiger partial charge in [-0.25, -0.2) is 9.78 Å². The molecule has 20 heavy (non-hydrogen) atoms. The van der Waals surface area contributed by atoms with Crippen molar-refractivity contribution < 1.29 is 14.6 Å². The smallest absolute Gasteiger partial charge is 0.339 e. The maximum atomic E-state index is 11.1. The van der Waals surface area contributed by atoms with Gasteiger partial charge < -0.3 is 9.84 Å². The zero-order chi connectivity index (χ0) is 14.5. The second-order valence-electron chi connectivity index (χ2n) is 3.94. The van der Waals surface area contributed by atoms with E-state index in [9.17, 15) is 4.79 Å². The first-order chi connectivity index (χ1) is 9.60. The van der Waals surface area contributed by atoms with Gasteiger partial charge in [-0.2, -0.15) is 0 Å². The lowest BCUT2D eigenvalue weighted by atomic mass is 10.1. The molecule has 104 valence electrons. The van der Waals surface area contributed by atoms with Crippen LogP contribution in [-0.4, -0.2) is 23.2 Å². The summed E-state index contributed by atoms with van der Waals surface area (Å²) < 4.78 is 5.96. The number of benzene rings is 1. The maximum Gasteiger partial charge on any atom is 0.339 e. The van der Waals surface area contributed by atoms with Crippen molar-refractivity contribution in [2.45, 2.75) is 10.8 Å². The molecule has 1 N–H and O–H groups in total. The summed E-state index contributed by atoms with van der Waals surface area (Å²) in [6.07, 6.45) is 1.74. The Kier molecular flexibility index (Phi) is 5.03. The number of ether oxygens (including phenoxy) is 1. The van der Waals surface area contributed by atoms with Crippen LogP contribution in [0.3, 0.4) is 0 Å². The van der Waals surface area contributed by atoms with E-state index in [1.807, 2.05) is 18.2 Å². The SMILES string of the molecule is COc1ccc(CSc2ccc(Br)cn2)cc1C(=O)O. The molecule has 1 aromatic carbocycles. The largest absolute Gasteiger partial charge is 0.496 e. The third kappa shape index (κ3) is 3.74. The van der Waals surface area contributed by atoms with Crippen molar-refractivity contribution in [1.29, 1.82) is 0 Å². The monoisotopic (exact) mass is 353 g/mol. The highest BCUT2D eigenvalue weighted by atomic mass is 79.9. The molecule has 2 aromatic rings. The van der Waals surface area contributed by atoms with E-state index < -0.39 is 5.97 Å². The Morgan fingerprint density at radius 3 is 2.80 bits per heavy atom. The molecule has 1 aromatic heterocycles. The van der Waals surface area contributed by atoms with E-state index in [1.54, 1.807) is 30.1 Å². The summed E-state index contributed by atoms with van der Waals surface area (Å²) in [6, 6.07) is 9.00. The fourth-order valence-corrected chi connectivity index (χ4v) is 2.64. The number of hydrogen-bond donors (Lipinski definition) is 1. The summed E-state index contributed by atoms with van der Waals surface area (Å²) in [5.74, 6) is 0.0299. The average molecular weight is 354 g/mol. The number of aromatic carboxylic acids is 1. The number of halogens is 1. The minimum Gasteiger partial charge on any atom is -0.496 e. The summed E-state index contributed by atoms with van der Waals surface area (Å²) in [7, 11) is 1.46. The summed E-state index contributed by atoms with van der Waals surface area (Å²) >= 11 is 4.88. The van der Waals surface area contributed by atoms with E-state index in [-0.39, 0.29) is 5.56 Å². The summed E-state index contributed by atoms with van der Waals surface area (Å²) in [4.78, 5) is 15.4. The summed E-state index contributed by atoms with van der Waals surface area (Å²) in [5.41, 5.74) is 1.09. The topological polar surface area (TPSA) is 59.4 Å². The Morgan fingerprint density at radius 1 is 1.40 bits per heavy atom. The van der Waals surface area contributed by atoms with Gasteiger partial charge in [0.2, 0.25) is 0 Å². The van der Waals surface area contributed by atoms with Crippen LogP contribution in [0.2, 0.25) is 0 Å². The van der Waals surface area contributed by atoms with Crippen LogP contribution >= 0.6 is 27.7 Å². The molecule has 4 nitrogen and oxygen atoms in total. The van der Waals surface area contributed by atoms with Crippen molar-refractivity contribution in [2.75, 3.05) is 7.11 Å². The number of carboxylic acids is 1. The highest BCUT2D eigenvalue weighted by Gasteiger charge is 2.11. The first-order valence-corrected chi connectivity index (χ1v) is 7.52. The molecular formula is C14H12BrNO3S. The summed E-state index contributed by atoms with van der Waals surface area (Å²) in [6.45, 7) is 0. The van der Waals surface area contributed by atoms with Gasteiger partial charge in [-0.1, -0.05) is 6.07 Å². The van der Waals surface area contributed by atoms with Gasteiger partial charge in [-0.05, 0) is 45.8 Å². The number of nitrogens with zero attached hydrogens (tertiary/aromatic N) is 1. The molecule has 0 aliphatic carbocycles. The molecular weight excluding hydrogens is 342 g/mol. The van der Waals surface area contributed by atoms with Crippen LogP contribution < -0.4 is 4.74 Å². The molecule has 0 saturated carbocycles. The number of carbonyl (C=O) groups is 1. The molecule has 0 aliphatic rings. The molecule has 0 atom stereocenters. The number of rotatable bonds is 5. The van der Waals surface area contributed by atoms with E-state index in [1.165, 1.54) is 7.11 Å². The van der Waals surface area contributed by atoms with Crippen molar-refractivity contribution in [3.05, 3.63) is 52.1 Å². The molecule has 0 unspecified atom stereocenters. The molecule has 1 heterocycles. The lowest BCUT2D eigenvalue weighted by Gasteiger charge is -2.07. The highest BCUT2D eigenvalue weighted by Crippen LogP contribution is 2.25. The molecule has 6 heteroatoms. The quantitative estimate of drug-likeness (QED) is 0.827. The van der Waals surface area contributed by atoms with Crippen LogP contribution in [0.1, 0.15) is 15.9 Å². The molecule has 2 rings (SSSR count). The third-order valence-electron chi connectivity index (χ3n) is 2.58. The molecule has 0 saturated heterocycles. The predicted octanol–water partition coefficient (Wildman–Crippen LogP) is 3.84. The lowest BCUT2D eigenvalue weighted by Crippen LogP contribution is -2.01. The Hall–Kier alpha value is -1.53. The zero-order valence-corrected chi connectivity index (χ0v) is 13.1. The Balaban J connectivity index is 2.11. The minimum absolute atomic E-state index is 0.175. The van der Waals surface area contributed by atoms with Gasteiger partial charge in [0.15, 0.2) is 0 Å². The normalized spacial score (nSPS) is 10.3. The van der Waals surface area contributed by atoms with Crippen LogP contribution in [-0.2, 0) is 5.75 Å². The first-order valence-electron chi connectivity index (χ1n) is 5.74. The van der Waals surface area contributed by atoms with Crippen molar-refractivity contribution in [1.82, 2.24) is 4.98 Å². The van der Waals surface area contributed by atoms with Gasteiger partial charge in [-0.3, -0.25) is 0 Å². The van der Waals surface area contributed by atoms with E-state index in [0.29, 0.717) is 11.5 Å². The molecule has 0 amide bonds. The molecule has 0 aliphatic heterocycles. The minimum atomic E-state index is -0.990. The van der Waals surface area contributed by atoms with Gasteiger partial charge in [0.05, 0.1) is 12.1 Å². The van der Waals surface area contributed by atoms with E-state index in [2.05, 4.69) is 20.9 Å². The fraction of sp³-hybridized carbons (Fsp3) is 0.143. The zero-order valence-electron chi connectivity index (χ0n) is 10.7. The van der Waals surface area contributed by atoms with Gasteiger partial charge in [0.25, 0.3) is 0 Å². The van der Waals surface area contributed by atoms with Crippen molar-refractivity contribution in [2.24, 2.45) is 0 Å². The fourth-order valence-electron chi connectivity index (χ4n) is 1.62. The van der Waals surface area contributed by atoms with Crippen molar-refractivity contribution >= 4 is 33.7 Å². The number of methoxy groups -OCH3 is 1. The second kappa shape index (κ2) is 6.76. The number of hydrogen-bond acceptors (Lipinski definition) is 4. The third-order valence-corrected chi connectivity index (χ3v) is 4.07. The first kappa shape index (κ1) is 14.9. The molecule has 0 fully saturated rings. The predicted molar refractivity (Wildman–Crippen MR) is 81.5 cm³/mol. The van der Waals surface area contributed by atoms with E-state index in [4.69, 9.17) is 9.84 Å². The van der Waals surface area contributed by atoms with Crippen molar-refractivity contribution in [3.63, 3.8) is 0 Å². The molecule has 0 bridgehead atoms. The van der Waals surface area contributed by atoms with E-state index >= 15 is 0 Å². The van der Waals surface area contributed by atoms with Gasteiger partial charge >= 0.3 is 5.97 Å². The lowest BCUT2D eigenvalue weighted by molar-refractivity contribution is 0.0693. The number of aromatic nitrogens is 1. The highest BCUT2D eigenvalue weighted by molar-refractivity contribution is 9.10. The Labute approximate surface area is 129 Å². The van der Waals surface area contributed by atoms with Crippen LogP contribution in [0.5, 0.6) is 5.75 Å². The Bertz CT molecular complexity index is 616. The van der Waals surface area contributed by atoms with Crippen molar-refractivity contribution in [3.8, 4) is 5.75 Å². The molecule has 0 radical (unpaired) electrons. The summed E-state index contributed by atoms with van der Waals surface area (Å²) in [5, 5.41) is 10.0. The second-order valence-corrected chi connectivity index (χ2v) is 5.85. The van der Waals surface area contributed by atoms with Crippen LogP contribution in [0.25, 0.3) is 0 Å². The van der Waals surface area contributed by atoms with Crippen LogP contribution in [0.15, 0.2) is 46.0 Å². The molecule has 0 spiro atoms. The Morgan fingerprint density at radius 2 is 2.20 bits per heavy atom. The van der Waals surface area contributed by atoms with E-state index in [0.717, 1.165) is 15.1 Å². The van der Waals surface area contributed by atoms with Gasteiger partial charge in [0, 0.05) is 16.4 Å². The van der Waals surface area contributed by atoms with Crippen LogP contribution in [0, 0.1) is 0 Å². The van der Waals surface area contributed by atoms with Gasteiger partial charge in [-0.15, -0.1) is 11.8 Å². The van der Waals surface area contributed by atoms with Gasteiger partial charge in [0.1, 0.15) is 11.3 Å². The maximum absolute atomic E-state index is 11.1. The standard InChI is InChI=1S/C14H12BrNO3S/c1-19-12-4-2-9(6-11(12)14(17)18)8-20-13-5-3-10(15)7-16-13/h2-7H,8H2,1H3,(H,17,18). The average Bonchev–Trinajstić information content (AvgIpc) is 2.46.